The molecule has 4 rings (SSSR count). The first-order valence-corrected chi connectivity index (χ1v) is 10.6. The zero-order valence-electron chi connectivity index (χ0n) is 18.2. The van der Waals surface area contributed by atoms with Crippen LogP contribution in [0.3, 0.4) is 0 Å². The molecule has 29 heavy (non-hydrogen) atoms. The summed E-state index contributed by atoms with van der Waals surface area (Å²) in [5.74, 6) is 0.411. The molecule has 2 aromatic rings. The third-order valence-electron chi connectivity index (χ3n) is 5.67. The van der Waals surface area contributed by atoms with E-state index in [9.17, 15) is 4.79 Å². The number of amides is 1. The van der Waals surface area contributed by atoms with E-state index < -0.39 is 5.60 Å². The molecule has 1 saturated heterocycles. The Bertz CT molecular complexity index is 940. The Balaban J connectivity index is 1.63. The van der Waals surface area contributed by atoms with Gasteiger partial charge in [0.1, 0.15) is 5.60 Å². The van der Waals surface area contributed by atoms with Crippen molar-refractivity contribution in [2.75, 3.05) is 26.7 Å². The minimum atomic E-state index is -0.514. The first-order valence-electron chi connectivity index (χ1n) is 10.6. The smallest absolute Gasteiger partial charge is 0.414 e. The van der Waals surface area contributed by atoms with Gasteiger partial charge in [0.2, 0.25) is 0 Å². The molecule has 2 atom stereocenters. The lowest BCUT2D eigenvalue weighted by Crippen LogP contribution is -2.39. The summed E-state index contributed by atoms with van der Waals surface area (Å²) in [5.41, 5.74) is 2.40. The second-order valence-electron chi connectivity index (χ2n) is 9.61. The summed E-state index contributed by atoms with van der Waals surface area (Å²) in [4.78, 5) is 17.0. The van der Waals surface area contributed by atoms with Gasteiger partial charge in [0.25, 0.3) is 0 Å². The van der Waals surface area contributed by atoms with Gasteiger partial charge in [-0.15, -0.1) is 0 Å². The zero-order chi connectivity index (χ0) is 20.8. The molecule has 156 valence electrons. The van der Waals surface area contributed by atoms with Crippen LogP contribution in [0.15, 0.2) is 30.5 Å². The molecular weight excluding hydrogens is 364 g/mol. The highest BCUT2D eigenvalue weighted by Gasteiger charge is 2.29. The van der Waals surface area contributed by atoms with E-state index in [1.807, 2.05) is 20.8 Å². The van der Waals surface area contributed by atoms with E-state index in [1.165, 1.54) is 0 Å². The van der Waals surface area contributed by atoms with Crippen molar-refractivity contribution in [3.8, 4) is 0 Å². The van der Waals surface area contributed by atoms with Gasteiger partial charge in [0.15, 0.2) is 0 Å². The number of aromatic nitrogens is 2. The number of ether oxygens (including phenoxy) is 1. The highest BCUT2D eigenvalue weighted by Crippen LogP contribution is 2.31. The van der Waals surface area contributed by atoms with Crippen LogP contribution in [-0.2, 0) is 4.74 Å². The first-order chi connectivity index (χ1) is 13.7. The van der Waals surface area contributed by atoms with Gasteiger partial charge in [-0.3, -0.25) is 9.58 Å². The Morgan fingerprint density at radius 3 is 2.72 bits per heavy atom. The van der Waals surface area contributed by atoms with Crippen LogP contribution in [0.5, 0.6) is 0 Å². The van der Waals surface area contributed by atoms with Gasteiger partial charge in [0.05, 0.1) is 17.3 Å². The van der Waals surface area contributed by atoms with Crippen molar-refractivity contribution in [2.24, 2.45) is 5.92 Å². The Labute approximate surface area is 173 Å². The maximum Gasteiger partial charge on any atom is 0.414 e. The SMILES string of the molecule is CC1CC=C(c2ccc3cn(C4CCN(C)C4)nc3c2)N(C(=O)OC(C)(C)C)C1. The molecule has 1 aromatic carbocycles. The summed E-state index contributed by atoms with van der Waals surface area (Å²) >= 11 is 0. The molecule has 1 fully saturated rings. The molecule has 0 N–H and O–H groups in total. The summed E-state index contributed by atoms with van der Waals surface area (Å²) in [6.45, 7) is 10.7. The first kappa shape index (κ1) is 20.0. The monoisotopic (exact) mass is 396 g/mol. The normalized spacial score (nSPS) is 23.5. The summed E-state index contributed by atoms with van der Waals surface area (Å²) < 4.78 is 7.78. The van der Waals surface area contributed by atoms with Gasteiger partial charge in [0, 0.05) is 30.2 Å². The second kappa shape index (κ2) is 7.48. The molecule has 2 aliphatic heterocycles. The number of allylic oxidation sites excluding steroid dienone is 1. The van der Waals surface area contributed by atoms with E-state index >= 15 is 0 Å². The molecule has 6 nitrogen and oxygen atoms in total. The molecule has 2 unspecified atom stereocenters. The van der Waals surface area contributed by atoms with Crippen molar-refractivity contribution in [1.29, 1.82) is 0 Å². The van der Waals surface area contributed by atoms with Gasteiger partial charge >= 0.3 is 6.09 Å². The van der Waals surface area contributed by atoms with Crippen molar-refractivity contribution < 1.29 is 9.53 Å². The van der Waals surface area contributed by atoms with Crippen molar-refractivity contribution in [2.45, 2.75) is 52.2 Å². The maximum atomic E-state index is 12.9. The number of likely N-dealkylation sites (N-methyl/N-ethyl adjacent to an activating group) is 1. The largest absolute Gasteiger partial charge is 0.443 e. The predicted octanol–water partition coefficient (Wildman–Crippen LogP) is 4.53. The van der Waals surface area contributed by atoms with Crippen LogP contribution >= 0.6 is 0 Å². The minimum Gasteiger partial charge on any atom is -0.443 e. The minimum absolute atomic E-state index is 0.282. The fourth-order valence-corrected chi connectivity index (χ4v) is 4.18. The Morgan fingerprint density at radius 1 is 1.24 bits per heavy atom. The standard InChI is InChI=1S/C23H32N4O2/c1-16-6-9-21(26(13-16)22(28)29-23(2,3)4)17-7-8-18-14-27(24-20(18)12-17)19-10-11-25(5)15-19/h7-9,12,14,16,19H,6,10-11,13,15H2,1-5H3. The number of hydrogen-bond acceptors (Lipinski definition) is 4. The number of benzene rings is 1. The number of nitrogens with zero attached hydrogens (tertiary/aromatic N) is 4. The number of likely N-dealkylation sites (tertiary alicyclic amines) is 1. The van der Waals surface area contributed by atoms with Crippen LogP contribution in [0.1, 0.15) is 52.1 Å². The van der Waals surface area contributed by atoms with E-state index in [2.05, 4.69) is 54.0 Å². The van der Waals surface area contributed by atoms with Gasteiger partial charge in [-0.2, -0.15) is 5.10 Å². The van der Waals surface area contributed by atoms with Crippen LogP contribution in [0.2, 0.25) is 0 Å². The molecular formula is C23H32N4O2. The van der Waals surface area contributed by atoms with Gasteiger partial charge < -0.3 is 9.64 Å². The summed E-state index contributed by atoms with van der Waals surface area (Å²) in [6, 6.07) is 6.74. The second-order valence-corrected chi connectivity index (χ2v) is 9.61. The summed E-state index contributed by atoms with van der Waals surface area (Å²) in [7, 11) is 2.16. The van der Waals surface area contributed by atoms with Crippen LogP contribution in [0.4, 0.5) is 4.79 Å². The van der Waals surface area contributed by atoms with E-state index in [-0.39, 0.29) is 6.09 Å². The van der Waals surface area contributed by atoms with Crippen molar-refractivity contribution in [3.63, 3.8) is 0 Å². The fraction of sp³-hybridized carbons (Fsp3) is 0.565. The number of rotatable bonds is 2. The third kappa shape index (κ3) is 4.32. The number of carbonyl (C=O) groups is 1. The fourth-order valence-electron chi connectivity index (χ4n) is 4.18. The lowest BCUT2D eigenvalue weighted by atomic mass is 9.98. The lowest BCUT2D eigenvalue weighted by molar-refractivity contribution is 0.0327. The molecule has 0 bridgehead atoms. The highest BCUT2D eigenvalue weighted by molar-refractivity contribution is 5.87. The topological polar surface area (TPSA) is 50.6 Å². The number of hydrogen-bond donors (Lipinski definition) is 0. The van der Waals surface area contributed by atoms with Crippen LogP contribution in [-0.4, -0.2) is 58.0 Å². The Morgan fingerprint density at radius 2 is 2.03 bits per heavy atom. The maximum absolute atomic E-state index is 12.9. The molecule has 1 amide bonds. The molecule has 0 spiro atoms. The molecule has 6 heteroatoms. The van der Waals surface area contributed by atoms with E-state index in [1.54, 1.807) is 4.90 Å². The highest BCUT2D eigenvalue weighted by atomic mass is 16.6. The lowest BCUT2D eigenvalue weighted by Gasteiger charge is -2.33. The average Bonchev–Trinajstić information content (AvgIpc) is 3.25. The van der Waals surface area contributed by atoms with Crippen LogP contribution in [0.25, 0.3) is 16.6 Å². The molecule has 0 radical (unpaired) electrons. The molecule has 0 saturated carbocycles. The third-order valence-corrected chi connectivity index (χ3v) is 5.67. The zero-order valence-corrected chi connectivity index (χ0v) is 18.2. The average molecular weight is 397 g/mol. The summed E-state index contributed by atoms with van der Waals surface area (Å²) in [6.07, 6.45) is 6.10. The van der Waals surface area contributed by atoms with Crippen molar-refractivity contribution >= 4 is 22.7 Å². The molecule has 2 aliphatic rings. The van der Waals surface area contributed by atoms with Gasteiger partial charge in [-0.1, -0.05) is 25.1 Å². The van der Waals surface area contributed by atoms with Gasteiger partial charge in [-0.25, -0.2) is 4.79 Å². The molecule has 3 heterocycles. The van der Waals surface area contributed by atoms with Crippen molar-refractivity contribution in [1.82, 2.24) is 19.6 Å². The van der Waals surface area contributed by atoms with E-state index in [0.717, 1.165) is 48.1 Å². The number of carbonyl (C=O) groups excluding carboxylic acids is 1. The van der Waals surface area contributed by atoms with Crippen molar-refractivity contribution in [3.05, 3.63) is 36.0 Å². The Hall–Kier alpha value is -2.34. The molecule has 0 aliphatic carbocycles. The quantitative estimate of drug-likeness (QED) is 0.748. The van der Waals surface area contributed by atoms with Crippen LogP contribution < -0.4 is 0 Å². The predicted molar refractivity (Wildman–Crippen MR) is 116 cm³/mol. The van der Waals surface area contributed by atoms with E-state index in [4.69, 9.17) is 9.84 Å². The van der Waals surface area contributed by atoms with Crippen LogP contribution in [0, 0.1) is 5.92 Å². The number of fused-ring (bicyclic) bond motifs is 1. The Kier molecular flexibility index (Phi) is 5.15. The summed E-state index contributed by atoms with van der Waals surface area (Å²) in [5, 5.41) is 5.99. The van der Waals surface area contributed by atoms with Gasteiger partial charge in [-0.05, 0) is 59.2 Å². The molecule has 1 aromatic heterocycles. The van der Waals surface area contributed by atoms with E-state index in [0.29, 0.717) is 18.5 Å².